The molecule has 1 atom stereocenters. The van der Waals surface area contributed by atoms with Gasteiger partial charge in [-0.15, -0.1) is 19.7 Å². The van der Waals surface area contributed by atoms with Gasteiger partial charge in [0.2, 0.25) is 0 Å². The van der Waals surface area contributed by atoms with Crippen LogP contribution in [0.4, 0.5) is 0 Å². The summed E-state index contributed by atoms with van der Waals surface area (Å²) in [4.78, 5) is 0. The van der Waals surface area contributed by atoms with Crippen molar-refractivity contribution in [3.63, 3.8) is 0 Å². The third kappa shape index (κ3) is 4.87. The maximum atomic E-state index is 6.03. The summed E-state index contributed by atoms with van der Waals surface area (Å²) >= 11 is 0. The van der Waals surface area contributed by atoms with Gasteiger partial charge < -0.3 is 8.23 Å². The van der Waals surface area contributed by atoms with Crippen molar-refractivity contribution < 1.29 is 8.23 Å². The summed E-state index contributed by atoms with van der Waals surface area (Å²) in [5.74, 6) is 0. The molecule has 0 saturated heterocycles. The zero-order valence-electron chi connectivity index (χ0n) is 9.38. The van der Waals surface area contributed by atoms with Gasteiger partial charge >= 0.3 is 8.56 Å². The van der Waals surface area contributed by atoms with Crippen molar-refractivity contribution in [2.45, 2.75) is 19.6 Å². The molecule has 0 aliphatic carbocycles. The lowest BCUT2D eigenvalue weighted by Gasteiger charge is -2.31. The van der Waals surface area contributed by atoms with E-state index in [0.717, 1.165) is 0 Å². The van der Waals surface area contributed by atoms with Crippen LogP contribution in [0.1, 0.15) is 0 Å². The van der Waals surface area contributed by atoms with Crippen molar-refractivity contribution in [3.8, 4) is 0 Å². The van der Waals surface area contributed by atoms with Gasteiger partial charge in [-0.1, -0.05) is 17.1 Å². The number of rotatable bonds is 7. The van der Waals surface area contributed by atoms with E-state index in [2.05, 4.69) is 32.8 Å². The van der Waals surface area contributed by atoms with Gasteiger partial charge in [0.1, 0.15) is 0 Å². The highest BCUT2D eigenvalue weighted by Gasteiger charge is 2.33. The fourth-order valence-corrected chi connectivity index (χ4v) is 8.80. The van der Waals surface area contributed by atoms with E-state index in [1.807, 2.05) is 23.6 Å². The average Bonchev–Trinajstić information content (AvgIpc) is 2.14. The van der Waals surface area contributed by atoms with Crippen molar-refractivity contribution in [3.05, 3.63) is 36.8 Å². The van der Waals surface area contributed by atoms with Gasteiger partial charge in [0.25, 0.3) is 0 Å². The molecule has 0 fully saturated rings. The van der Waals surface area contributed by atoms with Crippen molar-refractivity contribution in [1.29, 1.82) is 0 Å². The quantitative estimate of drug-likeness (QED) is 0.638. The first-order valence-corrected chi connectivity index (χ1v) is 11.4. The molecule has 0 rings (SSSR count). The van der Waals surface area contributed by atoms with E-state index in [4.69, 9.17) is 8.23 Å². The van der Waals surface area contributed by atoms with Crippen LogP contribution in [0.15, 0.2) is 36.8 Å². The van der Waals surface area contributed by atoms with Crippen LogP contribution < -0.4 is 0 Å². The molecule has 0 N–H and O–H groups in total. The van der Waals surface area contributed by atoms with Gasteiger partial charge in [0, 0.05) is 0 Å². The first-order valence-electron chi connectivity index (χ1n) is 4.61. The minimum Gasteiger partial charge on any atom is -0.435 e. The predicted molar refractivity (Wildman–Crippen MR) is 70.4 cm³/mol. The molecule has 0 bridgehead atoms. The summed E-state index contributed by atoms with van der Waals surface area (Å²) in [6.07, 6.45) is 0. The largest absolute Gasteiger partial charge is 0.435 e. The van der Waals surface area contributed by atoms with Gasteiger partial charge in [-0.2, -0.15) is 0 Å². The topological polar surface area (TPSA) is 18.5 Å². The second kappa shape index (κ2) is 5.62. The molecule has 14 heavy (non-hydrogen) atoms. The molecule has 2 nitrogen and oxygen atoms in total. The van der Waals surface area contributed by atoms with Crippen molar-refractivity contribution >= 4 is 26.6 Å². The van der Waals surface area contributed by atoms with Crippen LogP contribution in [0.5, 0.6) is 0 Å². The maximum absolute atomic E-state index is 6.03. The van der Waals surface area contributed by atoms with Gasteiger partial charge in [-0.05, 0) is 19.6 Å². The van der Waals surface area contributed by atoms with Gasteiger partial charge in [0.15, 0.2) is 18.1 Å². The molecule has 80 valence electrons. The van der Waals surface area contributed by atoms with Crippen molar-refractivity contribution in [1.82, 2.24) is 0 Å². The van der Waals surface area contributed by atoms with Gasteiger partial charge in [-0.25, -0.2) is 0 Å². The Labute approximate surface area is 91.6 Å². The average molecular weight is 245 g/mol. The second-order valence-electron chi connectivity index (χ2n) is 3.73. The van der Waals surface area contributed by atoms with Crippen molar-refractivity contribution in [2.75, 3.05) is 0 Å². The summed E-state index contributed by atoms with van der Waals surface area (Å²) in [6.45, 7) is 17.5. The SMILES string of the molecule is C=C[SiH2]O[Si](C)(C=C)O[Si](C)(C)C=C. The summed E-state index contributed by atoms with van der Waals surface area (Å²) in [5, 5.41) is 0. The smallest absolute Gasteiger partial charge is 0.340 e. The van der Waals surface area contributed by atoms with Crippen molar-refractivity contribution in [2.24, 2.45) is 0 Å². The fraction of sp³-hybridized carbons (Fsp3) is 0.333. The highest BCUT2D eigenvalue weighted by atomic mass is 28.5. The first kappa shape index (κ1) is 13.8. The van der Waals surface area contributed by atoms with E-state index in [1.165, 1.54) is 0 Å². The molecule has 0 aromatic rings. The molecule has 5 heteroatoms. The molecule has 0 amide bonds. The normalized spacial score (nSPS) is 16.5. The molecular weight excluding hydrogens is 224 g/mol. The molecule has 0 radical (unpaired) electrons. The Morgan fingerprint density at radius 3 is 2.00 bits per heavy atom. The van der Waals surface area contributed by atoms with Gasteiger partial charge in [0.05, 0.1) is 0 Å². The Morgan fingerprint density at radius 2 is 1.64 bits per heavy atom. The lowest BCUT2D eigenvalue weighted by atomic mass is 11.3. The standard InChI is InChI=1S/C9H20O2Si3/c1-7-12-10-14(6,9-3)11-13(4,5)8-2/h7-9H,1-3,12H2,4-6H3. The minimum atomic E-state index is -2.16. The van der Waals surface area contributed by atoms with E-state index < -0.39 is 26.6 Å². The summed E-state index contributed by atoms with van der Waals surface area (Å²) in [6, 6.07) is 0. The summed E-state index contributed by atoms with van der Waals surface area (Å²) in [7, 11) is -4.58. The van der Waals surface area contributed by atoms with Crippen LogP contribution in [0.25, 0.3) is 0 Å². The van der Waals surface area contributed by atoms with E-state index in [0.29, 0.717) is 0 Å². The fourth-order valence-electron chi connectivity index (χ4n) is 0.918. The Hall–Kier alpha value is -0.209. The van der Waals surface area contributed by atoms with Crippen LogP contribution in [0.2, 0.25) is 19.6 Å². The molecule has 0 heterocycles. The zero-order valence-corrected chi connectivity index (χ0v) is 12.8. The van der Waals surface area contributed by atoms with E-state index in [-0.39, 0.29) is 0 Å². The highest BCUT2D eigenvalue weighted by Crippen LogP contribution is 2.16. The van der Waals surface area contributed by atoms with E-state index in [9.17, 15) is 0 Å². The molecule has 0 aliphatic rings. The molecule has 0 aliphatic heterocycles. The third-order valence-corrected chi connectivity index (χ3v) is 10.5. The van der Waals surface area contributed by atoms with Crippen LogP contribution in [0, 0.1) is 0 Å². The first-order chi connectivity index (χ1) is 6.39. The number of hydrogen-bond donors (Lipinski definition) is 0. The molecular formula is C9H20O2Si3. The Balaban J connectivity index is 4.45. The summed E-state index contributed by atoms with van der Waals surface area (Å²) < 4.78 is 11.8. The molecule has 0 aromatic carbocycles. The molecule has 0 spiro atoms. The predicted octanol–water partition coefficient (Wildman–Crippen LogP) is 1.97. The Bertz CT molecular complexity index is 228. The summed E-state index contributed by atoms with van der Waals surface area (Å²) in [5.41, 5.74) is 5.61. The molecule has 0 saturated carbocycles. The van der Waals surface area contributed by atoms with Crippen LogP contribution in [-0.4, -0.2) is 26.6 Å². The van der Waals surface area contributed by atoms with Crippen LogP contribution in [-0.2, 0) is 8.23 Å². The number of hydrogen-bond acceptors (Lipinski definition) is 2. The van der Waals surface area contributed by atoms with Gasteiger partial charge in [-0.3, -0.25) is 0 Å². The second-order valence-corrected chi connectivity index (χ2v) is 12.7. The molecule has 0 aromatic heterocycles. The third-order valence-electron chi connectivity index (χ3n) is 1.82. The molecule has 1 unspecified atom stereocenters. The van der Waals surface area contributed by atoms with Crippen LogP contribution in [0.3, 0.4) is 0 Å². The zero-order chi connectivity index (χ0) is 11.2. The van der Waals surface area contributed by atoms with E-state index in [1.54, 1.807) is 0 Å². The lowest BCUT2D eigenvalue weighted by molar-refractivity contribution is 0.424. The Morgan fingerprint density at radius 1 is 1.07 bits per heavy atom. The highest BCUT2D eigenvalue weighted by molar-refractivity contribution is 6.88. The Kier molecular flexibility index (Phi) is 5.53. The lowest BCUT2D eigenvalue weighted by Crippen LogP contribution is -2.47. The minimum absolute atomic E-state index is 0.653. The monoisotopic (exact) mass is 244 g/mol. The van der Waals surface area contributed by atoms with E-state index >= 15 is 0 Å². The van der Waals surface area contributed by atoms with Crippen LogP contribution >= 0.6 is 0 Å². The maximum Gasteiger partial charge on any atom is 0.340 e.